The highest BCUT2D eigenvalue weighted by molar-refractivity contribution is 5.96. The van der Waals surface area contributed by atoms with Crippen LogP contribution in [0.5, 0.6) is 0 Å². The summed E-state index contributed by atoms with van der Waals surface area (Å²) in [5, 5.41) is 5.40. The predicted molar refractivity (Wildman–Crippen MR) is 170 cm³/mol. The number of alkyl carbamates (subject to hydrolysis) is 1. The third-order valence-electron chi connectivity index (χ3n) is 8.33. The maximum Gasteiger partial charge on any atom is 0.410 e. The van der Waals surface area contributed by atoms with Crippen LogP contribution in [0.25, 0.3) is 11.1 Å². The van der Waals surface area contributed by atoms with Gasteiger partial charge >= 0.3 is 12.2 Å². The van der Waals surface area contributed by atoms with Gasteiger partial charge in [0, 0.05) is 17.2 Å². The van der Waals surface area contributed by atoms with Crippen molar-refractivity contribution in [2.24, 2.45) is 0 Å². The van der Waals surface area contributed by atoms with Gasteiger partial charge in [-0.05, 0) is 62.1 Å². The number of halogens is 1. The first-order chi connectivity index (χ1) is 20.9. The van der Waals surface area contributed by atoms with Crippen molar-refractivity contribution in [3.8, 4) is 11.1 Å². The van der Waals surface area contributed by atoms with Crippen LogP contribution in [-0.2, 0) is 20.8 Å². The molecule has 2 N–H and O–H groups in total. The van der Waals surface area contributed by atoms with E-state index in [-0.39, 0.29) is 34.9 Å². The molecule has 0 saturated carbocycles. The number of fused-ring (bicyclic) bond motifs is 3. The molecule has 1 fully saturated rings. The summed E-state index contributed by atoms with van der Waals surface area (Å²) in [4.78, 5) is 39.4. The number of nitrogens with one attached hydrogen (secondary N) is 2. The molecular weight excluding hydrogens is 636 g/mol. The highest BCUT2D eigenvalue weighted by Gasteiger charge is 2.34. The molecule has 3 amide bonds. The minimum absolute atomic E-state index is 0. The first-order valence-electron chi connectivity index (χ1n) is 15.2. The summed E-state index contributed by atoms with van der Waals surface area (Å²) in [5.74, 6) is -0.277. The number of rotatable bonds is 7. The average molecular weight is 680 g/mol. The Labute approximate surface area is 276 Å². The maximum absolute atomic E-state index is 13.1. The second kappa shape index (κ2) is 14.0. The largest absolute Gasteiger partial charge is 1.00 e. The minimum Gasteiger partial charge on any atom is -1.00 e. The fraction of sp³-hybridized carbons (Fsp3) is 0.400. The number of likely N-dealkylation sites (N-methyl/N-ethyl adjacent to an activating group) is 1. The zero-order valence-electron chi connectivity index (χ0n) is 26.6. The first kappa shape index (κ1) is 34.0. The van der Waals surface area contributed by atoms with Crippen LogP contribution < -0.4 is 27.6 Å². The van der Waals surface area contributed by atoms with Crippen molar-refractivity contribution in [1.82, 2.24) is 10.2 Å². The monoisotopic (exact) mass is 678 g/mol. The number of carbonyl (C=O) groups is 3. The number of quaternary nitrogens is 1. The molecule has 1 unspecified atom stereocenters. The molecule has 1 heterocycles. The van der Waals surface area contributed by atoms with Gasteiger partial charge in [0.15, 0.2) is 0 Å². The van der Waals surface area contributed by atoms with Crippen LogP contribution in [0.15, 0.2) is 72.8 Å². The second-order valence-electron chi connectivity index (χ2n) is 13.1. The molecule has 10 heteroatoms. The Morgan fingerprint density at radius 2 is 1.47 bits per heavy atom. The molecule has 1 atom stereocenters. The van der Waals surface area contributed by atoms with Crippen molar-refractivity contribution < 1.29 is 45.3 Å². The fourth-order valence-corrected chi connectivity index (χ4v) is 5.91. The number of carbonyl (C=O) groups excluding carboxylic acids is 3. The molecule has 0 bridgehead atoms. The third-order valence-corrected chi connectivity index (χ3v) is 8.33. The number of anilines is 1. The lowest BCUT2D eigenvalue weighted by Crippen LogP contribution is -3.00. The van der Waals surface area contributed by atoms with Gasteiger partial charge < -0.3 is 41.6 Å². The van der Waals surface area contributed by atoms with Gasteiger partial charge in [-0.2, -0.15) is 0 Å². The number of nitrogens with zero attached hydrogens (tertiary/aromatic N) is 2. The van der Waals surface area contributed by atoms with Gasteiger partial charge in [0.05, 0.1) is 33.2 Å². The van der Waals surface area contributed by atoms with Crippen molar-refractivity contribution in [3.05, 3.63) is 89.5 Å². The highest BCUT2D eigenvalue weighted by atomic mass is 79.9. The van der Waals surface area contributed by atoms with E-state index in [0.29, 0.717) is 25.4 Å². The first-order valence-corrected chi connectivity index (χ1v) is 15.2. The van der Waals surface area contributed by atoms with Crippen molar-refractivity contribution in [2.75, 3.05) is 45.2 Å². The zero-order valence-corrected chi connectivity index (χ0v) is 28.2. The molecule has 1 aliphatic carbocycles. The van der Waals surface area contributed by atoms with Crippen LogP contribution in [-0.4, -0.2) is 79.0 Å². The number of ether oxygens (including phenoxy) is 2. The summed E-state index contributed by atoms with van der Waals surface area (Å²) < 4.78 is 11.9. The van der Waals surface area contributed by atoms with E-state index in [1.165, 1.54) is 22.3 Å². The van der Waals surface area contributed by atoms with E-state index in [0.717, 1.165) is 29.7 Å². The second-order valence-corrected chi connectivity index (χ2v) is 13.1. The standard InChI is InChI=1S/C35H42N4O5.BrH/c1-24(36-33(41)44-35(2,3)4)32(40)37-26-16-14-25(15-17-26)22-39(5)20-18-38(19-21-39)34(42)43-23-31-29-12-8-6-10-27(29)28-11-7-9-13-30(28)31;/h6-17,24,31H,18-23H2,1-5H3,(H-,36,37,40,41);1H. The Balaban J connectivity index is 0.00000461. The zero-order chi connectivity index (χ0) is 31.5. The van der Waals surface area contributed by atoms with Crippen molar-refractivity contribution >= 4 is 23.8 Å². The van der Waals surface area contributed by atoms with Gasteiger partial charge in [0.2, 0.25) is 5.91 Å². The van der Waals surface area contributed by atoms with Gasteiger partial charge in [-0.1, -0.05) is 60.7 Å². The van der Waals surface area contributed by atoms with Crippen LogP contribution in [0, 0.1) is 0 Å². The summed E-state index contributed by atoms with van der Waals surface area (Å²) >= 11 is 0. The molecular formula is C35H43BrN4O5. The molecule has 9 nitrogen and oxygen atoms in total. The molecule has 240 valence electrons. The Morgan fingerprint density at radius 3 is 2.02 bits per heavy atom. The summed E-state index contributed by atoms with van der Waals surface area (Å²) in [5.41, 5.74) is 6.01. The maximum atomic E-state index is 13.1. The van der Waals surface area contributed by atoms with E-state index >= 15 is 0 Å². The summed E-state index contributed by atoms with van der Waals surface area (Å²) in [6.45, 7) is 10.9. The molecule has 5 rings (SSSR count). The SMILES string of the molecule is CC(NC(=O)OC(C)(C)C)C(=O)Nc1ccc(C[N+]2(C)CCN(C(=O)OCC3c4ccccc4-c4ccccc43)CC2)cc1.[Br-]. The van der Waals surface area contributed by atoms with E-state index in [1.807, 2.05) is 41.3 Å². The lowest BCUT2D eigenvalue weighted by atomic mass is 9.98. The lowest BCUT2D eigenvalue weighted by Gasteiger charge is -2.41. The molecule has 3 aromatic carbocycles. The quantitative estimate of drug-likeness (QED) is 0.375. The summed E-state index contributed by atoms with van der Waals surface area (Å²) in [7, 11) is 2.20. The van der Waals surface area contributed by atoms with Crippen LogP contribution in [0.1, 0.15) is 50.3 Å². The van der Waals surface area contributed by atoms with E-state index < -0.39 is 17.7 Å². The minimum atomic E-state index is -0.748. The molecule has 3 aromatic rings. The molecule has 2 aliphatic rings. The number of hydrogen-bond donors (Lipinski definition) is 2. The Hall–Kier alpha value is -3.89. The van der Waals surface area contributed by atoms with Crippen LogP contribution >= 0.6 is 0 Å². The normalized spacial score (nSPS) is 16.0. The van der Waals surface area contributed by atoms with Gasteiger partial charge in [-0.15, -0.1) is 0 Å². The van der Waals surface area contributed by atoms with E-state index in [9.17, 15) is 14.4 Å². The van der Waals surface area contributed by atoms with Gasteiger partial charge in [0.1, 0.15) is 24.8 Å². The number of amides is 3. The van der Waals surface area contributed by atoms with Crippen LogP contribution in [0.3, 0.4) is 0 Å². The molecule has 1 saturated heterocycles. The van der Waals surface area contributed by atoms with E-state index in [4.69, 9.17) is 9.47 Å². The smallest absolute Gasteiger partial charge is 0.410 e. The van der Waals surface area contributed by atoms with Gasteiger partial charge in [-0.3, -0.25) is 9.69 Å². The van der Waals surface area contributed by atoms with Gasteiger partial charge in [0.25, 0.3) is 0 Å². The number of benzene rings is 3. The van der Waals surface area contributed by atoms with Crippen molar-refractivity contribution in [2.45, 2.75) is 51.8 Å². The summed E-state index contributed by atoms with van der Waals surface area (Å²) in [6.07, 6.45) is -0.889. The number of piperazine rings is 1. The Bertz CT molecular complexity index is 1470. The van der Waals surface area contributed by atoms with E-state index in [2.05, 4.69) is 54.1 Å². The highest BCUT2D eigenvalue weighted by Crippen LogP contribution is 2.44. The Kier molecular flexibility index (Phi) is 10.6. The van der Waals surface area contributed by atoms with Crippen LogP contribution in [0.2, 0.25) is 0 Å². The van der Waals surface area contributed by atoms with Gasteiger partial charge in [-0.25, -0.2) is 9.59 Å². The fourth-order valence-electron chi connectivity index (χ4n) is 5.91. The number of hydrogen-bond acceptors (Lipinski definition) is 5. The van der Waals surface area contributed by atoms with Crippen molar-refractivity contribution in [1.29, 1.82) is 0 Å². The van der Waals surface area contributed by atoms with Crippen molar-refractivity contribution in [3.63, 3.8) is 0 Å². The van der Waals surface area contributed by atoms with Crippen LogP contribution in [0.4, 0.5) is 15.3 Å². The predicted octanol–water partition coefficient (Wildman–Crippen LogP) is 2.75. The molecule has 0 spiro atoms. The molecule has 0 radical (unpaired) electrons. The topological polar surface area (TPSA) is 97.0 Å². The molecule has 45 heavy (non-hydrogen) atoms. The average Bonchev–Trinajstić information content (AvgIpc) is 3.29. The third kappa shape index (κ3) is 8.43. The van der Waals surface area contributed by atoms with E-state index in [1.54, 1.807) is 27.7 Å². The Morgan fingerprint density at radius 1 is 0.911 bits per heavy atom. The molecule has 1 aliphatic heterocycles. The molecule has 0 aromatic heterocycles. The lowest BCUT2D eigenvalue weighted by molar-refractivity contribution is -0.926. The summed E-state index contributed by atoms with van der Waals surface area (Å²) in [6, 6.07) is 23.7.